The van der Waals surface area contributed by atoms with Crippen molar-refractivity contribution in [3.8, 4) is 22.5 Å². The summed E-state index contributed by atoms with van der Waals surface area (Å²) < 4.78 is 20.0. The summed E-state index contributed by atoms with van der Waals surface area (Å²) >= 11 is 1.39. The van der Waals surface area contributed by atoms with Crippen LogP contribution in [-0.4, -0.2) is 134 Å². The number of ether oxygens (including phenoxy) is 3. The van der Waals surface area contributed by atoms with Crippen LogP contribution in [0, 0.1) is 23.7 Å². The zero-order chi connectivity index (χ0) is 45.9. The van der Waals surface area contributed by atoms with Crippen molar-refractivity contribution in [3.05, 3.63) is 64.6 Å². The van der Waals surface area contributed by atoms with Crippen molar-refractivity contribution in [1.82, 2.24) is 40.1 Å². The van der Waals surface area contributed by atoms with E-state index in [0.717, 1.165) is 51.1 Å². The van der Waals surface area contributed by atoms with Gasteiger partial charge in [-0.25, -0.2) is 15.2 Å². The molecule has 0 spiro atoms. The first-order valence-corrected chi connectivity index (χ1v) is 23.6. The van der Waals surface area contributed by atoms with Crippen LogP contribution in [0.3, 0.4) is 0 Å². The van der Waals surface area contributed by atoms with Crippen molar-refractivity contribution in [1.29, 1.82) is 0 Å². The van der Waals surface area contributed by atoms with Crippen molar-refractivity contribution in [2.75, 3.05) is 47.5 Å². The molecule has 2 saturated heterocycles. The smallest absolute Gasteiger partial charge is 0.464 e. The standard InChI is InChI=1S/C47H60N8O7SSi.Cs/c1-10-54-35-14-13-29-20-32(35)33(39(54)31-12-11-18-48-40(31)46(61-9)16-17-46)21-45(5,6)26-62-42(57)37-28(4)15-19-55(51-37)43(58)47(64,22-36-49-34(29)25-63-36)50-41(56)38(27(2)3)52(7)44(59)53-23-30(24-53)60-8;/h11-14,16,18,20,25,27-28,30,37-38,51H,10,15,17,19,21-24,26H2,1-9H3,(H,50,56);/q-1;+1/t28-,37?,38-,46-,47+;/m0./s1. The molecule has 4 aromatic rings. The zero-order valence-corrected chi connectivity index (χ0v) is 47.4. The monoisotopic (exact) mass is 1040 g/mol. The number of hydrogen-bond acceptors (Lipinski definition) is 11. The topological polar surface area (TPSA) is 160 Å². The van der Waals surface area contributed by atoms with E-state index in [4.69, 9.17) is 24.2 Å². The third-order valence-corrected chi connectivity index (χ3v) is 14.7. The van der Waals surface area contributed by atoms with Gasteiger partial charge in [-0.2, -0.15) is 6.42 Å². The molecule has 4 amide bonds. The molecule has 3 radical (unpaired) electrons. The molecule has 6 bridgehead atoms. The summed E-state index contributed by atoms with van der Waals surface area (Å²) in [6.07, 6.45) is 5.75. The number of nitrogens with zero attached hydrogens (tertiary/aromatic N) is 6. The minimum absolute atomic E-state index is 0. The first-order chi connectivity index (χ1) is 30.4. The average molecular weight is 1040 g/mol. The van der Waals surface area contributed by atoms with E-state index in [9.17, 15) is 19.2 Å². The zero-order valence-electron chi connectivity index (χ0n) is 39.3. The van der Waals surface area contributed by atoms with Gasteiger partial charge < -0.3 is 33.9 Å². The van der Waals surface area contributed by atoms with Gasteiger partial charge in [0.05, 0.1) is 52.4 Å². The third-order valence-electron chi connectivity index (χ3n) is 13.4. The first kappa shape index (κ1) is 50.3. The fourth-order valence-electron chi connectivity index (χ4n) is 9.52. The van der Waals surface area contributed by atoms with Crippen molar-refractivity contribution in [3.63, 3.8) is 0 Å². The maximum atomic E-state index is 14.9. The predicted molar refractivity (Wildman–Crippen MR) is 245 cm³/mol. The van der Waals surface area contributed by atoms with Gasteiger partial charge >= 0.3 is 80.9 Å². The number of thiazole rings is 1. The number of rotatable bonds is 9. The molecular weight excluding hydrogens is 982 g/mol. The van der Waals surface area contributed by atoms with Crippen LogP contribution >= 0.6 is 11.3 Å². The number of fused-ring (bicyclic) bond motifs is 6. The number of pyridine rings is 1. The molecule has 8 rings (SSSR count). The van der Waals surface area contributed by atoms with Crippen LogP contribution < -0.4 is 79.6 Å². The Balaban J connectivity index is 0.00000630. The van der Waals surface area contributed by atoms with Crippen LogP contribution in [0.2, 0.25) is 0 Å². The fraction of sp³-hybridized carbons (Fsp3) is 0.553. The van der Waals surface area contributed by atoms with Crippen LogP contribution in [0.15, 0.2) is 41.9 Å². The van der Waals surface area contributed by atoms with Gasteiger partial charge in [-0.1, -0.05) is 40.7 Å². The molecule has 15 nitrogen and oxygen atoms in total. The maximum absolute atomic E-state index is 14.9. The number of esters is 1. The summed E-state index contributed by atoms with van der Waals surface area (Å²) in [6, 6.07) is 8.43. The summed E-state index contributed by atoms with van der Waals surface area (Å²) in [5, 5.41) is 6.33. The van der Waals surface area contributed by atoms with E-state index in [1.165, 1.54) is 21.2 Å². The summed E-state index contributed by atoms with van der Waals surface area (Å²) in [6.45, 7) is 14.0. The summed E-state index contributed by atoms with van der Waals surface area (Å²) in [7, 11) is 8.76. The number of hydrogen-bond donors (Lipinski definition) is 2. The maximum Gasteiger partial charge on any atom is 1.00 e. The van der Waals surface area contributed by atoms with Gasteiger partial charge in [-0.15, -0.1) is 11.3 Å². The second-order valence-electron chi connectivity index (χ2n) is 19.0. The van der Waals surface area contributed by atoms with Crippen LogP contribution in [0.25, 0.3) is 33.4 Å². The van der Waals surface area contributed by atoms with Crippen molar-refractivity contribution in [2.24, 2.45) is 17.3 Å². The Kier molecular flexibility index (Phi) is 15.3. The Morgan fingerprint density at radius 2 is 1.91 bits per heavy atom. The molecule has 5 atom stereocenters. The van der Waals surface area contributed by atoms with E-state index >= 15 is 0 Å². The van der Waals surface area contributed by atoms with E-state index in [2.05, 4.69) is 77.0 Å². The molecule has 1 aliphatic carbocycles. The van der Waals surface area contributed by atoms with Crippen LogP contribution in [0.4, 0.5) is 4.79 Å². The van der Waals surface area contributed by atoms with E-state index in [0.29, 0.717) is 37.5 Å². The molecule has 1 aromatic carbocycles. The second-order valence-corrected chi connectivity index (χ2v) is 20.8. The molecule has 6 heterocycles. The van der Waals surface area contributed by atoms with Gasteiger partial charge in [0.2, 0.25) is 5.91 Å². The molecule has 341 valence electrons. The normalized spacial score (nSPS) is 25.0. The molecule has 1 unspecified atom stereocenters. The number of likely N-dealkylation sites (tertiary alicyclic amines) is 1. The molecule has 3 fully saturated rings. The minimum atomic E-state index is -1.72. The number of benzene rings is 1. The number of hydrazine groups is 1. The molecule has 18 heteroatoms. The first-order valence-electron chi connectivity index (χ1n) is 22.2. The number of amides is 4. The molecule has 3 aliphatic heterocycles. The second kappa shape index (κ2) is 19.8. The number of nitrogens with one attached hydrogen (secondary N) is 2. The van der Waals surface area contributed by atoms with Gasteiger partial charge in [0.15, 0.2) is 0 Å². The van der Waals surface area contributed by atoms with E-state index in [1.54, 1.807) is 26.2 Å². The Morgan fingerprint density at radius 3 is 2.57 bits per heavy atom. The van der Waals surface area contributed by atoms with E-state index < -0.39 is 46.0 Å². The fourth-order valence-corrected chi connectivity index (χ4v) is 11.0. The number of aromatic nitrogens is 3. The Bertz CT molecular complexity index is 2450. The van der Waals surface area contributed by atoms with Gasteiger partial charge in [0.1, 0.15) is 17.2 Å². The van der Waals surface area contributed by atoms with Gasteiger partial charge in [-0.05, 0) is 67.0 Å². The summed E-state index contributed by atoms with van der Waals surface area (Å²) in [5.74, 6) is -1.94. The molecular formula is C47H60CsN8O7SSi. The Labute approximate surface area is 448 Å². The molecule has 2 N–H and O–H groups in total. The molecule has 1 saturated carbocycles. The van der Waals surface area contributed by atoms with Gasteiger partial charge in [0, 0.05) is 85.5 Å². The number of methoxy groups -OCH3 is 2. The number of cyclic esters (lactones) is 1. The predicted octanol–water partition coefficient (Wildman–Crippen LogP) is 2.10. The van der Waals surface area contributed by atoms with Crippen molar-refractivity contribution in [2.45, 2.75) is 103 Å². The van der Waals surface area contributed by atoms with Crippen LogP contribution in [0.1, 0.15) is 70.6 Å². The van der Waals surface area contributed by atoms with Crippen molar-refractivity contribution < 1.29 is 102 Å². The number of urea groups is 1. The van der Waals surface area contributed by atoms with Gasteiger partial charge in [-0.3, -0.25) is 30.8 Å². The number of likely N-dealkylation sites (N-methyl/N-ethyl adjacent to an activating group) is 1. The SMILES string of the molecule is CCn1c(-c2cccnc2[C@]2(OC)[CH-]C2)c2c3cc(ccc31)-c1csc(n1)C[C@]([Si])(NC(=O)[C@H](C(C)C)N(C)C(=O)N1CC(OC)C1)C(=O)N1CC[C@H](C)C(N1)C(=O)OCC(C)(C)C2.[Cs+]. The van der Waals surface area contributed by atoms with Crippen LogP contribution in [0.5, 0.6) is 0 Å². The summed E-state index contributed by atoms with van der Waals surface area (Å²) in [5.41, 5.74) is 8.81. The number of carbonyl (C=O) groups excluding carboxylic acids is 4. The van der Waals surface area contributed by atoms with E-state index in [-0.39, 0.29) is 112 Å². The van der Waals surface area contributed by atoms with Gasteiger partial charge in [0.25, 0.3) is 5.91 Å². The largest absolute Gasteiger partial charge is 1.00 e. The Morgan fingerprint density at radius 1 is 1.17 bits per heavy atom. The number of aryl methyl sites for hydroxylation is 1. The molecule has 4 aliphatic rings. The van der Waals surface area contributed by atoms with E-state index in [1.807, 2.05) is 38.4 Å². The Hall–Kier alpha value is -2.63. The average Bonchev–Trinajstić information content (AvgIpc) is 3.82. The summed E-state index contributed by atoms with van der Waals surface area (Å²) in [4.78, 5) is 70.2. The third kappa shape index (κ3) is 9.83. The minimum Gasteiger partial charge on any atom is -0.464 e. The quantitative estimate of drug-likeness (QED) is 0.145. The molecule has 3 aromatic heterocycles. The number of carbonyl (C=O) groups is 4. The van der Waals surface area contributed by atoms with Crippen molar-refractivity contribution >= 4 is 56.3 Å². The molecule has 65 heavy (non-hydrogen) atoms. The van der Waals surface area contributed by atoms with Crippen LogP contribution in [-0.2, 0) is 53.6 Å².